The van der Waals surface area contributed by atoms with Crippen LogP contribution in [0.5, 0.6) is 0 Å². The lowest BCUT2D eigenvalue weighted by Gasteiger charge is -2.22. The minimum Gasteiger partial charge on any atom is -0.467 e. The quantitative estimate of drug-likeness (QED) is 0.299. The van der Waals surface area contributed by atoms with Crippen molar-refractivity contribution in [2.45, 2.75) is 26.4 Å². The second kappa shape index (κ2) is 9.97. The molecular weight excluding hydrogens is 438 g/mol. The zero-order chi connectivity index (χ0) is 23.4. The smallest absolute Gasteiger partial charge is 0.262 e. The van der Waals surface area contributed by atoms with Crippen LogP contribution in [0, 0.1) is 11.7 Å². The molecule has 0 unspecified atom stereocenters. The van der Waals surface area contributed by atoms with Gasteiger partial charge in [-0.05, 0) is 68.0 Å². The number of aromatic nitrogens is 2. The van der Waals surface area contributed by atoms with Crippen molar-refractivity contribution in [3.05, 3.63) is 92.9 Å². The summed E-state index contributed by atoms with van der Waals surface area (Å²) >= 11 is 5.40. The average molecular weight is 464 g/mol. The van der Waals surface area contributed by atoms with Gasteiger partial charge in [0.05, 0.1) is 23.7 Å². The predicted molar refractivity (Wildman–Crippen MR) is 130 cm³/mol. The molecule has 0 bridgehead atoms. The summed E-state index contributed by atoms with van der Waals surface area (Å²) in [7, 11) is 1.62. The Hall–Kier alpha value is -3.49. The van der Waals surface area contributed by atoms with E-state index in [1.54, 1.807) is 42.5 Å². The lowest BCUT2D eigenvalue weighted by molar-refractivity contribution is 0.0983. The van der Waals surface area contributed by atoms with Crippen LogP contribution in [-0.4, -0.2) is 29.2 Å². The molecule has 8 heteroatoms. The summed E-state index contributed by atoms with van der Waals surface area (Å²) in [6, 6.07) is 16.4. The maximum Gasteiger partial charge on any atom is 0.262 e. The highest BCUT2D eigenvalue weighted by atomic mass is 32.1. The highest BCUT2D eigenvalue weighted by molar-refractivity contribution is 7.71. The van der Waals surface area contributed by atoms with Gasteiger partial charge in [-0.2, -0.15) is 0 Å². The predicted octanol–water partition coefficient (Wildman–Crippen LogP) is 4.84. The van der Waals surface area contributed by atoms with Crippen LogP contribution in [0.25, 0.3) is 10.9 Å². The summed E-state index contributed by atoms with van der Waals surface area (Å²) in [6.07, 6.45) is 2.26. The van der Waals surface area contributed by atoms with Crippen LogP contribution in [0.15, 0.2) is 70.1 Å². The molecule has 0 radical (unpaired) electrons. The molecule has 0 spiro atoms. The standard InChI is InChI=1S/C25H25N3O4S/c1-17-6-9-19(10-7-17)28(16-20-5-3-14-32-20)23(29)18-8-11-21-22(15-18)26-25(33)27(24(21)30)12-4-13-31-2/h3,5-11,14-15H,4,12-13,16H2,1-2H3,(H,26,33). The van der Waals surface area contributed by atoms with Gasteiger partial charge in [-0.25, -0.2) is 0 Å². The van der Waals surface area contributed by atoms with Crippen LogP contribution < -0.4 is 10.5 Å². The Morgan fingerprint density at radius 2 is 1.97 bits per heavy atom. The van der Waals surface area contributed by atoms with E-state index < -0.39 is 0 Å². The Morgan fingerprint density at radius 3 is 2.67 bits per heavy atom. The van der Waals surface area contributed by atoms with E-state index in [0.717, 1.165) is 11.3 Å². The first-order chi connectivity index (χ1) is 16.0. The molecule has 7 nitrogen and oxygen atoms in total. The molecule has 2 heterocycles. The van der Waals surface area contributed by atoms with Gasteiger partial charge in [0.15, 0.2) is 4.77 Å². The van der Waals surface area contributed by atoms with Crippen LogP contribution in [0.4, 0.5) is 5.69 Å². The van der Waals surface area contributed by atoms with Crippen LogP contribution in [-0.2, 0) is 17.8 Å². The van der Waals surface area contributed by atoms with E-state index in [-0.39, 0.29) is 18.0 Å². The molecular formula is C25H25N3O4S. The largest absolute Gasteiger partial charge is 0.467 e. The molecule has 0 saturated heterocycles. The summed E-state index contributed by atoms with van der Waals surface area (Å²) in [6.45, 7) is 3.28. The van der Waals surface area contributed by atoms with Crippen molar-refractivity contribution in [1.82, 2.24) is 9.55 Å². The first kappa shape index (κ1) is 22.7. The molecule has 170 valence electrons. The van der Waals surface area contributed by atoms with E-state index in [0.29, 0.717) is 46.6 Å². The first-order valence-corrected chi connectivity index (χ1v) is 11.1. The Balaban J connectivity index is 1.71. The summed E-state index contributed by atoms with van der Waals surface area (Å²) < 4.78 is 12.4. The summed E-state index contributed by atoms with van der Waals surface area (Å²) in [4.78, 5) is 31.3. The molecule has 0 aliphatic heterocycles. The molecule has 4 aromatic rings. The fraction of sp³-hybridized carbons (Fsp3) is 0.240. The van der Waals surface area contributed by atoms with Gasteiger partial charge in [-0.3, -0.25) is 14.2 Å². The minimum absolute atomic E-state index is 0.185. The van der Waals surface area contributed by atoms with E-state index in [2.05, 4.69) is 4.98 Å². The number of ether oxygens (including phenoxy) is 1. The third-order valence-electron chi connectivity index (χ3n) is 5.44. The highest BCUT2D eigenvalue weighted by Gasteiger charge is 2.20. The second-order valence-electron chi connectivity index (χ2n) is 7.80. The maximum absolute atomic E-state index is 13.6. The minimum atomic E-state index is -0.208. The Labute approximate surface area is 196 Å². The monoisotopic (exact) mass is 463 g/mol. The van der Waals surface area contributed by atoms with Crippen molar-refractivity contribution < 1.29 is 13.9 Å². The molecule has 0 atom stereocenters. The number of nitrogens with zero attached hydrogens (tertiary/aromatic N) is 2. The van der Waals surface area contributed by atoms with Gasteiger partial charge in [0.25, 0.3) is 11.5 Å². The van der Waals surface area contributed by atoms with Crippen LogP contribution >= 0.6 is 12.2 Å². The van der Waals surface area contributed by atoms with Crippen LogP contribution in [0.3, 0.4) is 0 Å². The summed E-state index contributed by atoms with van der Waals surface area (Å²) in [5.41, 5.74) is 2.64. The van der Waals surface area contributed by atoms with Gasteiger partial charge >= 0.3 is 0 Å². The van der Waals surface area contributed by atoms with Crippen molar-refractivity contribution in [2.75, 3.05) is 18.6 Å². The number of H-pyrrole nitrogens is 1. The molecule has 0 aliphatic carbocycles. The van der Waals surface area contributed by atoms with Gasteiger partial charge in [0, 0.05) is 31.5 Å². The SMILES string of the molecule is COCCCn1c(=S)[nH]c2cc(C(=O)N(Cc3ccco3)c3ccc(C)cc3)ccc2c1=O. The maximum atomic E-state index is 13.6. The van der Waals surface area contributed by atoms with Gasteiger partial charge in [-0.1, -0.05) is 17.7 Å². The zero-order valence-corrected chi connectivity index (χ0v) is 19.4. The van der Waals surface area contributed by atoms with Crippen molar-refractivity contribution in [3.8, 4) is 0 Å². The number of carbonyl (C=O) groups excluding carboxylic acids is 1. The number of anilines is 1. The number of rotatable bonds is 8. The lowest BCUT2D eigenvalue weighted by atomic mass is 10.1. The van der Waals surface area contributed by atoms with E-state index in [1.165, 1.54) is 4.57 Å². The van der Waals surface area contributed by atoms with Gasteiger partial charge in [0.2, 0.25) is 0 Å². The number of hydrogen-bond donors (Lipinski definition) is 1. The number of aromatic amines is 1. The Morgan fingerprint density at radius 1 is 1.18 bits per heavy atom. The molecule has 2 aromatic heterocycles. The summed E-state index contributed by atoms with van der Waals surface area (Å²) in [5, 5.41) is 0.477. The Bertz CT molecular complexity index is 1370. The number of hydrogen-bond acceptors (Lipinski definition) is 5. The van der Waals surface area contributed by atoms with E-state index in [9.17, 15) is 9.59 Å². The number of aryl methyl sites for hydroxylation is 1. The van der Waals surface area contributed by atoms with Crippen LogP contribution in [0.1, 0.15) is 28.1 Å². The fourth-order valence-electron chi connectivity index (χ4n) is 3.68. The van der Waals surface area contributed by atoms with Crippen molar-refractivity contribution in [1.29, 1.82) is 0 Å². The lowest BCUT2D eigenvalue weighted by Crippen LogP contribution is -2.30. The van der Waals surface area contributed by atoms with Crippen molar-refractivity contribution >= 4 is 34.7 Å². The molecule has 4 rings (SSSR count). The molecule has 0 aliphatic rings. The second-order valence-corrected chi connectivity index (χ2v) is 8.19. The third-order valence-corrected chi connectivity index (χ3v) is 5.77. The number of amides is 1. The number of nitrogens with one attached hydrogen (secondary N) is 1. The molecule has 1 amide bonds. The fourth-order valence-corrected chi connectivity index (χ4v) is 3.96. The first-order valence-electron chi connectivity index (χ1n) is 10.6. The molecule has 0 saturated carbocycles. The number of methoxy groups -OCH3 is 1. The topological polar surface area (TPSA) is 80.5 Å². The van der Waals surface area contributed by atoms with Crippen molar-refractivity contribution in [2.24, 2.45) is 0 Å². The van der Waals surface area contributed by atoms with E-state index in [1.807, 2.05) is 37.3 Å². The third kappa shape index (κ3) is 4.97. The highest BCUT2D eigenvalue weighted by Crippen LogP contribution is 2.22. The summed E-state index contributed by atoms with van der Waals surface area (Å²) in [5.74, 6) is 0.462. The van der Waals surface area contributed by atoms with Gasteiger partial charge in [0.1, 0.15) is 5.76 Å². The van der Waals surface area contributed by atoms with Crippen LogP contribution in [0.2, 0.25) is 0 Å². The number of fused-ring (bicyclic) bond motifs is 1. The zero-order valence-electron chi connectivity index (χ0n) is 18.5. The Kier molecular flexibility index (Phi) is 6.86. The van der Waals surface area contributed by atoms with Crippen molar-refractivity contribution in [3.63, 3.8) is 0 Å². The number of furan rings is 1. The van der Waals surface area contributed by atoms with E-state index >= 15 is 0 Å². The molecule has 0 fully saturated rings. The van der Waals surface area contributed by atoms with E-state index in [4.69, 9.17) is 21.4 Å². The number of carbonyl (C=O) groups is 1. The molecule has 1 N–H and O–H groups in total. The normalized spacial score (nSPS) is 11.1. The van der Waals surface area contributed by atoms with Gasteiger partial charge in [-0.15, -0.1) is 0 Å². The number of benzene rings is 2. The molecule has 2 aromatic carbocycles. The van der Waals surface area contributed by atoms with Gasteiger partial charge < -0.3 is 19.0 Å². The average Bonchev–Trinajstić information content (AvgIpc) is 3.33. The molecule has 33 heavy (non-hydrogen) atoms.